The highest BCUT2D eigenvalue weighted by Gasteiger charge is 2.24. The Morgan fingerprint density at radius 3 is 1.60 bits per heavy atom. The average Bonchev–Trinajstić information content (AvgIpc) is 3.81. The van der Waals surface area contributed by atoms with E-state index < -0.39 is 0 Å². The zero-order valence-electron chi connectivity index (χ0n) is 25.1. The van der Waals surface area contributed by atoms with Crippen molar-refractivity contribution >= 4 is 96.9 Å². The lowest BCUT2D eigenvalue weighted by Crippen LogP contribution is -1.91. The van der Waals surface area contributed by atoms with E-state index in [0.717, 1.165) is 55.0 Å². The lowest BCUT2D eigenvalue weighted by Gasteiger charge is -2.18. The van der Waals surface area contributed by atoms with Crippen LogP contribution in [-0.2, 0) is 0 Å². The molecular weight excluding hydrogens is 593 g/mol. The quantitative estimate of drug-likeness (QED) is 0.181. The molecule has 11 aromatic rings. The van der Waals surface area contributed by atoms with Crippen LogP contribution < -0.4 is 0 Å². The van der Waals surface area contributed by atoms with E-state index in [1.54, 1.807) is 0 Å². The van der Waals surface area contributed by atoms with Crippen LogP contribution in [0.4, 0.5) is 0 Å². The molecule has 8 aromatic carbocycles. The van der Waals surface area contributed by atoms with Crippen LogP contribution in [0.1, 0.15) is 0 Å². The highest BCUT2D eigenvalue weighted by Crippen LogP contribution is 2.50. The van der Waals surface area contributed by atoms with Crippen molar-refractivity contribution in [3.8, 4) is 22.3 Å². The van der Waals surface area contributed by atoms with Crippen LogP contribution in [-0.4, -0.2) is 0 Å². The van der Waals surface area contributed by atoms with Gasteiger partial charge in [-0.3, -0.25) is 0 Å². The molecule has 0 fully saturated rings. The molecule has 11 rings (SSSR count). The lowest BCUT2D eigenvalue weighted by atomic mass is 9.85. The number of para-hydroxylation sites is 2. The van der Waals surface area contributed by atoms with Crippen LogP contribution >= 0.6 is 11.3 Å². The molecular formula is C44H24O2S. The van der Waals surface area contributed by atoms with Crippen LogP contribution in [0.25, 0.3) is 108 Å². The average molecular weight is 617 g/mol. The first-order valence-corrected chi connectivity index (χ1v) is 16.7. The Kier molecular flexibility index (Phi) is 5.02. The summed E-state index contributed by atoms with van der Waals surface area (Å²) in [5.41, 5.74) is 8.20. The summed E-state index contributed by atoms with van der Waals surface area (Å²) in [6.07, 6.45) is 0. The topological polar surface area (TPSA) is 26.3 Å². The minimum absolute atomic E-state index is 0.868. The van der Waals surface area contributed by atoms with Crippen LogP contribution in [0.3, 0.4) is 0 Å². The normalized spacial score (nSPS) is 12.3. The summed E-state index contributed by atoms with van der Waals surface area (Å²) in [4.78, 5) is 0. The van der Waals surface area contributed by atoms with Crippen molar-refractivity contribution in [2.24, 2.45) is 0 Å². The Morgan fingerprint density at radius 2 is 0.894 bits per heavy atom. The maximum atomic E-state index is 6.81. The Labute approximate surface area is 272 Å². The number of thiophene rings is 1. The number of hydrogen-bond acceptors (Lipinski definition) is 3. The van der Waals surface area contributed by atoms with E-state index in [4.69, 9.17) is 8.83 Å². The van der Waals surface area contributed by atoms with E-state index >= 15 is 0 Å². The Bertz CT molecular complexity index is 3020. The van der Waals surface area contributed by atoms with Crippen molar-refractivity contribution in [2.45, 2.75) is 0 Å². The molecule has 0 bridgehead atoms. The first kappa shape index (κ1) is 25.3. The number of fused-ring (bicyclic) bond motifs is 12. The van der Waals surface area contributed by atoms with Gasteiger partial charge in [0.15, 0.2) is 0 Å². The summed E-state index contributed by atoms with van der Waals surface area (Å²) in [6.45, 7) is 0. The second-order valence-electron chi connectivity index (χ2n) is 12.3. The smallest absolute Gasteiger partial charge is 0.144 e. The molecule has 0 saturated heterocycles. The van der Waals surface area contributed by atoms with Crippen LogP contribution in [0.15, 0.2) is 154 Å². The summed E-state index contributed by atoms with van der Waals surface area (Å²) in [7, 11) is 0. The summed E-state index contributed by atoms with van der Waals surface area (Å²) in [5, 5.41) is 11.9. The molecule has 0 aliphatic carbocycles. The van der Waals surface area contributed by atoms with Crippen LogP contribution in [0.2, 0.25) is 0 Å². The molecule has 0 N–H and O–H groups in total. The Morgan fingerprint density at radius 1 is 0.362 bits per heavy atom. The van der Waals surface area contributed by atoms with Gasteiger partial charge in [0.1, 0.15) is 22.3 Å². The molecule has 3 heteroatoms. The zero-order chi connectivity index (χ0) is 30.6. The van der Waals surface area contributed by atoms with Crippen molar-refractivity contribution in [2.75, 3.05) is 0 Å². The van der Waals surface area contributed by atoms with Gasteiger partial charge in [0.2, 0.25) is 0 Å². The lowest BCUT2D eigenvalue weighted by molar-refractivity contribution is 0.664. The number of rotatable bonds is 2. The summed E-state index contributed by atoms with van der Waals surface area (Å²) < 4.78 is 16.0. The van der Waals surface area contributed by atoms with Gasteiger partial charge >= 0.3 is 0 Å². The third-order valence-corrected chi connectivity index (χ3v) is 11.0. The fourth-order valence-corrected chi connectivity index (χ4v) is 9.05. The summed E-state index contributed by atoms with van der Waals surface area (Å²) >= 11 is 1.86. The maximum Gasteiger partial charge on any atom is 0.144 e. The van der Waals surface area contributed by atoms with Gasteiger partial charge < -0.3 is 8.83 Å². The number of furan rings is 2. The van der Waals surface area contributed by atoms with Gasteiger partial charge in [-0.1, -0.05) is 115 Å². The SMILES string of the molecule is c1ccc2c(c1)oc1cc(-c3c4ccccc4c(-c4ccc5c(c4)sc4ccccc45)c4ccccc34)c3oc4ccccc4c3c12. The van der Waals surface area contributed by atoms with Gasteiger partial charge in [-0.2, -0.15) is 0 Å². The monoisotopic (exact) mass is 616 g/mol. The van der Waals surface area contributed by atoms with E-state index in [2.05, 4.69) is 133 Å². The first-order valence-electron chi connectivity index (χ1n) is 15.9. The molecule has 0 aliphatic heterocycles. The molecule has 3 heterocycles. The molecule has 0 aliphatic rings. The second kappa shape index (κ2) is 9.32. The van der Waals surface area contributed by atoms with Gasteiger partial charge in [0.05, 0.1) is 0 Å². The zero-order valence-corrected chi connectivity index (χ0v) is 25.9. The van der Waals surface area contributed by atoms with Crippen molar-refractivity contribution in [3.05, 3.63) is 146 Å². The molecule has 2 nitrogen and oxygen atoms in total. The van der Waals surface area contributed by atoms with Gasteiger partial charge in [-0.25, -0.2) is 0 Å². The maximum absolute atomic E-state index is 6.81. The fraction of sp³-hybridized carbons (Fsp3) is 0. The van der Waals surface area contributed by atoms with Gasteiger partial charge in [0, 0.05) is 52.8 Å². The number of benzene rings is 8. The Hall–Kier alpha value is -5.90. The van der Waals surface area contributed by atoms with Crippen molar-refractivity contribution in [1.29, 1.82) is 0 Å². The highest BCUT2D eigenvalue weighted by molar-refractivity contribution is 7.25. The largest absolute Gasteiger partial charge is 0.456 e. The molecule has 0 spiro atoms. The van der Waals surface area contributed by atoms with Crippen molar-refractivity contribution in [3.63, 3.8) is 0 Å². The van der Waals surface area contributed by atoms with E-state index in [9.17, 15) is 0 Å². The van der Waals surface area contributed by atoms with E-state index in [1.165, 1.54) is 52.8 Å². The second-order valence-corrected chi connectivity index (χ2v) is 13.4. The molecule has 0 radical (unpaired) electrons. The molecule has 0 saturated carbocycles. The van der Waals surface area contributed by atoms with Crippen molar-refractivity contribution in [1.82, 2.24) is 0 Å². The molecule has 47 heavy (non-hydrogen) atoms. The van der Waals surface area contributed by atoms with Gasteiger partial charge in [0.25, 0.3) is 0 Å². The third-order valence-electron chi connectivity index (χ3n) is 9.86. The summed E-state index contributed by atoms with van der Waals surface area (Å²) in [6, 6.07) is 52.2. The first-order chi connectivity index (χ1) is 23.3. The Balaban J connectivity index is 1.29. The van der Waals surface area contributed by atoms with Gasteiger partial charge in [-0.15, -0.1) is 11.3 Å². The predicted octanol–water partition coefficient (Wildman–Crippen LogP) is 13.5. The van der Waals surface area contributed by atoms with E-state index in [-0.39, 0.29) is 0 Å². The molecule has 3 aromatic heterocycles. The highest BCUT2D eigenvalue weighted by atomic mass is 32.1. The fourth-order valence-electron chi connectivity index (χ4n) is 7.90. The summed E-state index contributed by atoms with van der Waals surface area (Å²) in [5.74, 6) is 0. The van der Waals surface area contributed by atoms with Crippen LogP contribution in [0, 0.1) is 0 Å². The minimum Gasteiger partial charge on any atom is -0.456 e. The third kappa shape index (κ3) is 3.44. The van der Waals surface area contributed by atoms with Gasteiger partial charge in [-0.05, 0) is 63.0 Å². The van der Waals surface area contributed by atoms with E-state index in [1.807, 2.05) is 23.5 Å². The minimum atomic E-state index is 0.868. The molecule has 0 unspecified atom stereocenters. The number of hydrogen-bond donors (Lipinski definition) is 0. The standard InChI is InChI=1S/C44H24O2S/c1-3-14-30-28(12-1)40(25-21-22-27-26-11-7-10-20-38(26)47-39(27)23-25)29-13-2-4-15-31(29)41(30)34-24-37-42(32-16-5-8-18-35(32)45-37)43-33-17-6-9-19-36(33)46-44(34)43/h1-24H. The van der Waals surface area contributed by atoms with Crippen LogP contribution in [0.5, 0.6) is 0 Å². The molecule has 0 atom stereocenters. The van der Waals surface area contributed by atoms with E-state index in [0.29, 0.717) is 0 Å². The molecule has 0 amide bonds. The predicted molar refractivity (Wildman–Crippen MR) is 200 cm³/mol. The molecule has 218 valence electrons. The van der Waals surface area contributed by atoms with Crippen molar-refractivity contribution < 1.29 is 8.83 Å².